The quantitative estimate of drug-likeness (QED) is 0.842. The van der Waals surface area contributed by atoms with Crippen molar-refractivity contribution in [1.29, 1.82) is 0 Å². The van der Waals surface area contributed by atoms with Crippen LogP contribution in [-0.2, 0) is 12.8 Å². The van der Waals surface area contributed by atoms with E-state index >= 15 is 0 Å². The highest BCUT2D eigenvalue weighted by molar-refractivity contribution is 7.11. The van der Waals surface area contributed by atoms with Gasteiger partial charge in [0.15, 0.2) is 0 Å². The number of hydrogen-bond acceptors (Lipinski definition) is 4. The minimum absolute atomic E-state index is 0.302. The molecule has 1 heterocycles. The maximum absolute atomic E-state index is 9.23. The lowest BCUT2D eigenvalue weighted by Gasteiger charge is -2.28. The third-order valence-corrected chi connectivity index (χ3v) is 5.70. The van der Waals surface area contributed by atoms with Crippen molar-refractivity contribution in [1.82, 2.24) is 10.3 Å². The molecule has 1 fully saturated rings. The zero-order valence-corrected chi connectivity index (χ0v) is 12.5. The SMILES string of the molecule is CCc1nc2c(s1)C(NC(CCO)C1CC1)CCC2. The molecule has 4 heteroatoms. The van der Waals surface area contributed by atoms with Crippen molar-refractivity contribution >= 4 is 11.3 Å². The molecule has 2 aliphatic carbocycles. The van der Waals surface area contributed by atoms with Crippen LogP contribution in [0.2, 0.25) is 0 Å². The Morgan fingerprint density at radius 1 is 1.42 bits per heavy atom. The summed E-state index contributed by atoms with van der Waals surface area (Å²) in [6.45, 7) is 2.49. The first kappa shape index (κ1) is 13.5. The van der Waals surface area contributed by atoms with Crippen LogP contribution in [-0.4, -0.2) is 22.7 Å². The van der Waals surface area contributed by atoms with Crippen LogP contribution in [0.5, 0.6) is 0 Å². The number of aliphatic hydroxyl groups excluding tert-OH is 1. The van der Waals surface area contributed by atoms with Gasteiger partial charge in [-0.1, -0.05) is 6.92 Å². The molecule has 2 aliphatic rings. The summed E-state index contributed by atoms with van der Waals surface area (Å²) in [6.07, 6.45) is 8.24. The Bertz CT molecular complexity index is 428. The second-order valence-corrected chi connectivity index (χ2v) is 6.95. The Balaban J connectivity index is 1.72. The van der Waals surface area contributed by atoms with E-state index < -0.39 is 0 Å². The van der Waals surface area contributed by atoms with Gasteiger partial charge in [0.1, 0.15) is 0 Å². The van der Waals surface area contributed by atoms with Crippen molar-refractivity contribution in [3.63, 3.8) is 0 Å². The van der Waals surface area contributed by atoms with E-state index in [-0.39, 0.29) is 0 Å². The topological polar surface area (TPSA) is 45.2 Å². The fourth-order valence-electron chi connectivity index (χ4n) is 3.13. The summed E-state index contributed by atoms with van der Waals surface area (Å²) in [4.78, 5) is 6.24. The van der Waals surface area contributed by atoms with Gasteiger partial charge >= 0.3 is 0 Å². The van der Waals surface area contributed by atoms with Gasteiger partial charge in [0.25, 0.3) is 0 Å². The van der Waals surface area contributed by atoms with Crippen LogP contribution in [0.3, 0.4) is 0 Å². The summed E-state index contributed by atoms with van der Waals surface area (Å²) < 4.78 is 0. The van der Waals surface area contributed by atoms with Crippen LogP contribution < -0.4 is 5.32 Å². The Kier molecular flexibility index (Phi) is 4.20. The third-order valence-electron chi connectivity index (χ3n) is 4.34. The molecule has 19 heavy (non-hydrogen) atoms. The van der Waals surface area contributed by atoms with Crippen molar-refractivity contribution < 1.29 is 5.11 Å². The molecule has 1 aromatic heterocycles. The maximum atomic E-state index is 9.23. The standard InChI is InChI=1S/C15H24N2OS/c1-2-14-17-13-5-3-4-12(15(13)19-14)16-11(8-9-18)10-6-7-10/h10-12,16,18H,2-9H2,1H3. The molecule has 0 bridgehead atoms. The van der Waals surface area contributed by atoms with Gasteiger partial charge < -0.3 is 10.4 Å². The molecule has 2 atom stereocenters. The van der Waals surface area contributed by atoms with Gasteiger partial charge in [-0.2, -0.15) is 0 Å². The van der Waals surface area contributed by atoms with Crippen LogP contribution in [0.4, 0.5) is 0 Å². The van der Waals surface area contributed by atoms with E-state index in [4.69, 9.17) is 4.98 Å². The lowest BCUT2D eigenvalue weighted by atomic mass is 9.96. The van der Waals surface area contributed by atoms with E-state index in [0.717, 1.165) is 25.2 Å². The van der Waals surface area contributed by atoms with Crippen LogP contribution in [0.15, 0.2) is 0 Å². The number of aryl methyl sites for hydroxylation is 2. The number of thiazole rings is 1. The van der Waals surface area contributed by atoms with Gasteiger partial charge in [-0.05, 0) is 50.9 Å². The van der Waals surface area contributed by atoms with E-state index in [2.05, 4.69) is 12.2 Å². The molecule has 2 N–H and O–H groups in total. The molecular weight excluding hydrogens is 256 g/mol. The van der Waals surface area contributed by atoms with E-state index in [0.29, 0.717) is 18.7 Å². The summed E-state index contributed by atoms with van der Waals surface area (Å²) in [5.74, 6) is 0.802. The normalized spacial score (nSPS) is 24.2. The Morgan fingerprint density at radius 2 is 2.26 bits per heavy atom. The van der Waals surface area contributed by atoms with Gasteiger partial charge in [0.05, 0.1) is 10.7 Å². The second kappa shape index (κ2) is 5.90. The smallest absolute Gasteiger partial charge is 0.0928 e. The third kappa shape index (κ3) is 3.01. The van der Waals surface area contributed by atoms with Gasteiger partial charge in [-0.25, -0.2) is 4.98 Å². The summed E-state index contributed by atoms with van der Waals surface area (Å²) in [6, 6.07) is 0.992. The highest BCUT2D eigenvalue weighted by atomic mass is 32.1. The first-order valence-electron chi connectivity index (χ1n) is 7.67. The fraction of sp³-hybridized carbons (Fsp3) is 0.800. The first-order valence-corrected chi connectivity index (χ1v) is 8.48. The number of rotatable bonds is 6. The Hall–Kier alpha value is -0.450. The summed E-state index contributed by atoms with van der Waals surface area (Å²) in [5, 5.41) is 14.3. The van der Waals surface area contributed by atoms with Gasteiger partial charge in [-0.15, -0.1) is 11.3 Å². The van der Waals surface area contributed by atoms with Crippen molar-refractivity contribution in [3.05, 3.63) is 15.6 Å². The Labute approximate surface area is 119 Å². The molecule has 106 valence electrons. The number of aromatic nitrogens is 1. The number of hydrogen-bond donors (Lipinski definition) is 2. The molecule has 1 saturated carbocycles. The molecule has 1 aromatic rings. The van der Waals surface area contributed by atoms with Gasteiger partial charge in [0.2, 0.25) is 0 Å². The lowest BCUT2D eigenvalue weighted by molar-refractivity contribution is 0.245. The number of nitrogens with one attached hydrogen (secondary N) is 1. The minimum Gasteiger partial charge on any atom is -0.396 e. The first-order chi connectivity index (χ1) is 9.31. The monoisotopic (exact) mass is 280 g/mol. The van der Waals surface area contributed by atoms with Crippen molar-refractivity contribution in [2.24, 2.45) is 5.92 Å². The van der Waals surface area contributed by atoms with Crippen LogP contribution in [0.25, 0.3) is 0 Å². The molecule has 3 nitrogen and oxygen atoms in total. The van der Waals surface area contributed by atoms with E-state index in [1.165, 1.54) is 41.3 Å². The minimum atomic E-state index is 0.302. The largest absolute Gasteiger partial charge is 0.396 e. The van der Waals surface area contributed by atoms with E-state index in [1.54, 1.807) is 0 Å². The van der Waals surface area contributed by atoms with Crippen LogP contribution in [0.1, 0.15) is 60.6 Å². The molecule has 0 radical (unpaired) electrons. The highest BCUT2D eigenvalue weighted by Crippen LogP contribution is 2.39. The molecule has 3 rings (SSSR count). The Morgan fingerprint density at radius 3 is 2.95 bits per heavy atom. The number of nitrogens with zero attached hydrogens (tertiary/aromatic N) is 1. The highest BCUT2D eigenvalue weighted by Gasteiger charge is 2.34. The molecular formula is C15H24N2OS. The van der Waals surface area contributed by atoms with Crippen LogP contribution in [0, 0.1) is 5.92 Å². The molecule has 0 aliphatic heterocycles. The van der Waals surface area contributed by atoms with Crippen molar-refractivity contribution in [3.8, 4) is 0 Å². The zero-order valence-electron chi connectivity index (χ0n) is 11.7. The second-order valence-electron chi connectivity index (χ2n) is 5.84. The van der Waals surface area contributed by atoms with Gasteiger partial charge in [0, 0.05) is 23.6 Å². The van der Waals surface area contributed by atoms with Crippen LogP contribution >= 0.6 is 11.3 Å². The molecule has 0 saturated heterocycles. The van der Waals surface area contributed by atoms with Crippen molar-refractivity contribution in [2.75, 3.05) is 6.61 Å². The van der Waals surface area contributed by atoms with Crippen molar-refractivity contribution in [2.45, 2.75) is 64.0 Å². The molecule has 0 aromatic carbocycles. The average molecular weight is 280 g/mol. The predicted octanol–water partition coefficient (Wildman–Crippen LogP) is 2.83. The summed E-state index contributed by atoms with van der Waals surface area (Å²) >= 11 is 1.90. The zero-order chi connectivity index (χ0) is 13.2. The van der Waals surface area contributed by atoms with E-state index in [1.807, 2.05) is 11.3 Å². The fourth-order valence-corrected chi connectivity index (χ4v) is 4.28. The number of aliphatic hydroxyl groups is 1. The molecule has 2 unspecified atom stereocenters. The summed E-state index contributed by atoms with van der Waals surface area (Å²) in [5.41, 5.74) is 1.34. The molecule has 0 spiro atoms. The number of fused-ring (bicyclic) bond motifs is 1. The molecule has 0 amide bonds. The van der Waals surface area contributed by atoms with Gasteiger partial charge in [-0.3, -0.25) is 0 Å². The predicted molar refractivity (Wildman–Crippen MR) is 78.5 cm³/mol. The lowest BCUT2D eigenvalue weighted by Crippen LogP contribution is -2.36. The average Bonchev–Trinajstić information content (AvgIpc) is 3.17. The maximum Gasteiger partial charge on any atom is 0.0928 e. The van der Waals surface area contributed by atoms with E-state index in [9.17, 15) is 5.11 Å². The summed E-state index contributed by atoms with van der Waals surface area (Å²) in [7, 11) is 0.